The summed E-state index contributed by atoms with van der Waals surface area (Å²) in [5.74, 6) is 0.518. The summed E-state index contributed by atoms with van der Waals surface area (Å²) >= 11 is 6.14. The van der Waals surface area contributed by atoms with Crippen LogP contribution >= 0.6 is 24.0 Å². The van der Waals surface area contributed by atoms with Gasteiger partial charge in [0.2, 0.25) is 0 Å². The third-order valence-electron chi connectivity index (χ3n) is 3.13. The second-order valence-corrected chi connectivity index (χ2v) is 5.16. The molecule has 2 aromatic rings. The van der Waals surface area contributed by atoms with Gasteiger partial charge in [-0.3, -0.25) is 0 Å². The second-order valence-electron chi connectivity index (χ2n) is 4.75. The Morgan fingerprint density at radius 2 is 1.77 bits per heavy atom. The molecule has 2 aromatic carbocycles. The molecule has 22 heavy (non-hydrogen) atoms. The van der Waals surface area contributed by atoms with E-state index in [1.54, 1.807) is 0 Å². The fourth-order valence-corrected chi connectivity index (χ4v) is 2.30. The molecule has 0 aliphatic carbocycles. The molecule has 0 saturated heterocycles. The van der Waals surface area contributed by atoms with Crippen molar-refractivity contribution in [1.82, 2.24) is 5.32 Å². The minimum absolute atomic E-state index is 0. The number of halogens is 3. The molecule has 0 unspecified atom stereocenters. The van der Waals surface area contributed by atoms with E-state index in [4.69, 9.17) is 16.3 Å². The number of nitrogens with one attached hydrogen (secondary N) is 1. The van der Waals surface area contributed by atoms with E-state index in [9.17, 15) is 4.39 Å². The molecule has 0 aromatic heterocycles. The van der Waals surface area contributed by atoms with Crippen LogP contribution in [-0.2, 0) is 13.0 Å². The van der Waals surface area contributed by atoms with Crippen LogP contribution in [0.25, 0.3) is 0 Å². The summed E-state index contributed by atoms with van der Waals surface area (Å²) in [7, 11) is 0. The summed E-state index contributed by atoms with van der Waals surface area (Å²) in [6, 6.07) is 12.4. The fourth-order valence-electron chi connectivity index (χ4n) is 2.04. The Bertz CT molecular complexity index is 575. The van der Waals surface area contributed by atoms with Crippen molar-refractivity contribution in [2.24, 2.45) is 0 Å². The molecule has 0 radical (unpaired) electrons. The first-order chi connectivity index (χ1) is 10.2. The maximum absolute atomic E-state index is 12.8. The molecule has 0 amide bonds. The predicted octanol–water partition coefficient (Wildman–Crippen LogP) is 4.63. The summed E-state index contributed by atoms with van der Waals surface area (Å²) in [5, 5.41) is 3.98. The summed E-state index contributed by atoms with van der Waals surface area (Å²) < 4.78 is 18.2. The van der Waals surface area contributed by atoms with Crippen molar-refractivity contribution in [2.75, 3.05) is 13.2 Å². The van der Waals surface area contributed by atoms with Gasteiger partial charge in [-0.25, -0.2) is 4.39 Å². The van der Waals surface area contributed by atoms with E-state index in [1.165, 1.54) is 12.1 Å². The van der Waals surface area contributed by atoms with Crippen molar-refractivity contribution in [3.8, 4) is 5.75 Å². The molecular formula is C17H20Cl2FNO. The van der Waals surface area contributed by atoms with Gasteiger partial charge in [0.1, 0.15) is 11.6 Å². The number of benzene rings is 2. The fraction of sp³-hybridized carbons (Fsp3) is 0.294. The maximum Gasteiger partial charge on any atom is 0.137 e. The van der Waals surface area contributed by atoms with E-state index in [-0.39, 0.29) is 18.2 Å². The summed E-state index contributed by atoms with van der Waals surface area (Å²) in [6.45, 7) is 4.11. The van der Waals surface area contributed by atoms with Gasteiger partial charge >= 0.3 is 0 Å². The van der Waals surface area contributed by atoms with Crippen LogP contribution in [0.15, 0.2) is 42.5 Å². The minimum atomic E-state index is -0.198. The molecule has 0 aliphatic heterocycles. The zero-order chi connectivity index (χ0) is 15.1. The van der Waals surface area contributed by atoms with Crippen LogP contribution in [0.4, 0.5) is 4.39 Å². The highest BCUT2D eigenvalue weighted by Crippen LogP contribution is 2.25. The van der Waals surface area contributed by atoms with Crippen molar-refractivity contribution in [1.29, 1.82) is 0 Å². The topological polar surface area (TPSA) is 21.3 Å². The number of hydrogen-bond acceptors (Lipinski definition) is 2. The van der Waals surface area contributed by atoms with E-state index in [2.05, 4.69) is 5.32 Å². The van der Waals surface area contributed by atoms with Crippen LogP contribution in [0.5, 0.6) is 5.75 Å². The first-order valence-electron chi connectivity index (χ1n) is 7.05. The quantitative estimate of drug-likeness (QED) is 0.740. The van der Waals surface area contributed by atoms with Crippen LogP contribution in [0.1, 0.15) is 18.1 Å². The van der Waals surface area contributed by atoms with E-state index in [0.29, 0.717) is 17.4 Å². The smallest absolute Gasteiger partial charge is 0.137 e. The molecule has 0 aliphatic rings. The Labute approximate surface area is 142 Å². The van der Waals surface area contributed by atoms with Crippen molar-refractivity contribution in [2.45, 2.75) is 19.9 Å². The zero-order valence-electron chi connectivity index (χ0n) is 12.4. The van der Waals surface area contributed by atoms with Crippen LogP contribution in [-0.4, -0.2) is 13.2 Å². The van der Waals surface area contributed by atoms with Gasteiger partial charge in [0.15, 0.2) is 0 Å². The van der Waals surface area contributed by atoms with Crippen molar-refractivity contribution >= 4 is 24.0 Å². The summed E-state index contributed by atoms with van der Waals surface area (Å²) in [6.07, 6.45) is 0.866. The van der Waals surface area contributed by atoms with Gasteiger partial charge in [-0.1, -0.05) is 29.8 Å². The Kier molecular flexibility index (Phi) is 8.25. The maximum atomic E-state index is 12.8. The third kappa shape index (κ3) is 5.84. The van der Waals surface area contributed by atoms with Gasteiger partial charge in [0.25, 0.3) is 0 Å². The van der Waals surface area contributed by atoms with Gasteiger partial charge < -0.3 is 10.1 Å². The monoisotopic (exact) mass is 343 g/mol. The normalized spacial score (nSPS) is 10.1. The van der Waals surface area contributed by atoms with E-state index in [0.717, 1.165) is 30.6 Å². The molecule has 120 valence electrons. The molecule has 0 heterocycles. The Morgan fingerprint density at radius 1 is 1.09 bits per heavy atom. The molecule has 0 spiro atoms. The molecule has 0 saturated carbocycles. The molecule has 0 bridgehead atoms. The summed E-state index contributed by atoms with van der Waals surface area (Å²) in [4.78, 5) is 0. The summed E-state index contributed by atoms with van der Waals surface area (Å²) in [5.41, 5.74) is 2.23. The lowest BCUT2D eigenvalue weighted by molar-refractivity contribution is 0.340. The number of rotatable bonds is 7. The minimum Gasteiger partial charge on any atom is -0.492 e. The lowest BCUT2D eigenvalue weighted by Gasteiger charge is -2.09. The van der Waals surface area contributed by atoms with Gasteiger partial charge in [0, 0.05) is 6.54 Å². The Hall–Kier alpha value is -1.29. The second kappa shape index (κ2) is 9.67. The standard InChI is InChI=1S/C17H19ClFNO.ClH/c1-2-21-17-8-5-14(11-16(17)18)12-20-10-9-13-3-6-15(19)7-4-13;/h3-8,11,20H,2,9-10,12H2,1H3;1H. The average Bonchev–Trinajstić information content (AvgIpc) is 2.48. The Balaban J connectivity index is 0.00000242. The first-order valence-corrected chi connectivity index (χ1v) is 7.43. The van der Waals surface area contributed by atoms with E-state index >= 15 is 0 Å². The highest BCUT2D eigenvalue weighted by atomic mass is 35.5. The average molecular weight is 344 g/mol. The predicted molar refractivity (Wildman–Crippen MR) is 91.7 cm³/mol. The third-order valence-corrected chi connectivity index (χ3v) is 3.42. The largest absolute Gasteiger partial charge is 0.492 e. The molecule has 0 fully saturated rings. The molecule has 2 nitrogen and oxygen atoms in total. The van der Waals surface area contributed by atoms with Crippen molar-refractivity contribution < 1.29 is 9.13 Å². The Morgan fingerprint density at radius 3 is 2.41 bits per heavy atom. The van der Waals surface area contributed by atoms with Crippen molar-refractivity contribution in [3.63, 3.8) is 0 Å². The first kappa shape index (κ1) is 18.8. The van der Waals surface area contributed by atoms with Crippen LogP contribution in [0.2, 0.25) is 5.02 Å². The van der Waals surface area contributed by atoms with Crippen LogP contribution < -0.4 is 10.1 Å². The highest BCUT2D eigenvalue weighted by Gasteiger charge is 2.02. The molecular weight excluding hydrogens is 324 g/mol. The number of ether oxygens (including phenoxy) is 1. The highest BCUT2D eigenvalue weighted by molar-refractivity contribution is 6.32. The molecule has 0 atom stereocenters. The SMILES string of the molecule is CCOc1ccc(CNCCc2ccc(F)cc2)cc1Cl.Cl. The van der Waals surface area contributed by atoms with Crippen molar-refractivity contribution in [3.05, 3.63) is 64.4 Å². The van der Waals surface area contributed by atoms with Crippen LogP contribution in [0, 0.1) is 5.82 Å². The van der Waals surface area contributed by atoms with Gasteiger partial charge in [-0.2, -0.15) is 0 Å². The van der Waals surface area contributed by atoms with Gasteiger partial charge in [0.05, 0.1) is 11.6 Å². The van der Waals surface area contributed by atoms with Gasteiger partial charge in [-0.05, 0) is 55.3 Å². The lowest BCUT2D eigenvalue weighted by Crippen LogP contribution is -2.16. The van der Waals surface area contributed by atoms with Gasteiger partial charge in [-0.15, -0.1) is 12.4 Å². The lowest BCUT2D eigenvalue weighted by atomic mass is 10.1. The zero-order valence-corrected chi connectivity index (χ0v) is 14.0. The van der Waals surface area contributed by atoms with E-state index < -0.39 is 0 Å². The molecule has 1 N–H and O–H groups in total. The van der Waals surface area contributed by atoms with E-state index in [1.807, 2.05) is 37.3 Å². The molecule has 5 heteroatoms. The van der Waals surface area contributed by atoms with Crippen LogP contribution in [0.3, 0.4) is 0 Å². The number of hydrogen-bond donors (Lipinski definition) is 1. The molecule has 2 rings (SSSR count).